The van der Waals surface area contributed by atoms with Crippen LogP contribution < -0.4 is 11.1 Å². The maximum atomic E-state index is 11.3. The van der Waals surface area contributed by atoms with E-state index in [4.69, 9.17) is 10.8 Å². The van der Waals surface area contributed by atoms with Crippen LogP contribution in [0.25, 0.3) is 0 Å². The van der Waals surface area contributed by atoms with Crippen LogP contribution in [0, 0.1) is 0 Å². The Labute approximate surface area is 89.4 Å². The van der Waals surface area contributed by atoms with Crippen molar-refractivity contribution in [3.05, 3.63) is 18.0 Å². The highest BCUT2D eigenvalue weighted by molar-refractivity contribution is 5.95. The first-order valence-electron chi connectivity index (χ1n) is 4.23. The Kier molecular flexibility index (Phi) is 3.59. The van der Waals surface area contributed by atoms with Gasteiger partial charge in [0, 0.05) is 6.07 Å². The third kappa shape index (κ3) is 3.08. The minimum Gasteiger partial charge on any atom is -0.480 e. The zero-order valence-corrected chi connectivity index (χ0v) is 8.04. The van der Waals surface area contributed by atoms with Crippen LogP contribution in [0.2, 0.25) is 0 Å². The lowest BCUT2D eigenvalue weighted by atomic mass is 10.2. The Bertz CT molecular complexity index is 400. The van der Waals surface area contributed by atoms with E-state index >= 15 is 0 Å². The second kappa shape index (κ2) is 4.91. The smallest absolute Gasteiger partial charge is 0.326 e. The number of rotatable bonds is 5. The van der Waals surface area contributed by atoms with Gasteiger partial charge in [-0.25, -0.2) is 4.79 Å². The summed E-state index contributed by atoms with van der Waals surface area (Å²) in [5.74, 6) is -3.10. The lowest BCUT2D eigenvalue weighted by molar-refractivity contribution is -0.140. The largest absolute Gasteiger partial charge is 0.480 e. The normalized spacial score (nSPS) is 11.8. The van der Waals surface area contributed by atoms with Crippen LogP contribution >= 0.6 is 0 Å². The molecular formula is C8H9N3O5. The molecule has 0 aliphatic heterocycles. The highest BCUT2D eigenvalue weighted by Crippen LogP contribution is 1.99. The number of nitrogens with one attached hydrogen (secondary N) is 1. The van der Waals surface area contributed by atoms with Crippen molar-refractivity contribution in [1.29, 1.82) is 0 Å². The van der Waals surface area contributed by atoms with Crippen LogP contribution in [0.5, 0.6) is 0 Å². The van der Waals surface area contributed by atoms with Crippen molar-refractivity contribution >= 4 is 17.8 Å². The molecule has 0 fully saturated rings. The minimum absolute atomic E-state index is 0.143. The number of aliphatic carboxylic acids is 1. The summed E-state index contributed by atoms with van der Waals surface area (Å²) in [5.41, 5.74) is 4.84. The standard InChI is InChI=1S/C8H9N3O5/c9-6(12)3-4(8(14)15)11-7(13)5-1-2-10-16-5/h1-2,4H,3H2,(H2,9,12)(H,11,13)(H,14,15)/t4-/m0/s1. The summed E-state index contributed by atoms with van der Waals surface area (Å²) in [6, 6.07) is -0.117. The number of carbonyl (C=O) groups excluding carboxylic acids is 2. The fourth-order valence-corrected chi connectivity index (χ4v) is 0.964. The average Bonchev–Trinajstić information content (AvgIpc) is 2.68. The number of carbonyl (C=O) groups is 3. The SMILES string of the molecule is NC(=O)C[C@H](NC(=O)c1ccno1)C(=O)O. The van der Waals surface area contributed by atoms with Gasteiger partial charge in [-0.15, -0.1) is 0 Å². The molecule has 16 heavy (non-hydrogen) atoms. The number of hydrogen-bond donors (Lipinski definition) is 3. The number of primary amides is 1. The summed E-state index contributed by atoms with van der Waals surface area (Å²) in [5, 5.41) is 14.1. The number of nitrogens with zero attached hydrogens (tertiary/aromatic N) is 1. The Morgan fingerprint density at radius 1 is 1.56 bits per heavy atom. The summed E-state index contributed by atoms with van der Waals surface area (Å²) < 4.78 is 4.51. The molecule has 1 rings (SSSR count). The van der Waals surface area contributed by atoms with E-state index in [1.807, 2.05) is 0 Å². The Morgan fingerprint density at radius 2 is 2.25 bits per heavy atom. The summed E-state index contributed by atoms with van der Waals surface area (Å²) in [6.07, 6.45) is 0.744. The van der Waals surface area contributed by atoms with E-state index in [-0.39, 0.29) is 5.76 Å². The fourth-order valence-electron chi connectivity index (χ4n) is 0.964. The first-order chi connectivity index (χ1) is 7.50. The molecule has 0 unspecified atom stereocenters. The van der Waals surface area contributed by atoms with Crippen LogP contribution in [0.4, 0.5) is 0 Å². The molecule has 4 N–H and O–H groups in total. The minimum atomic E-state index is -1.38. The fraction of sp³-hybridized carbons (Fsp3) is 0.250. The number of carboxylic acids is 1. The van der Waals surface area contributed by atoms with Crippen molar-refractivity contribution < 1.29 is 24.0 Å². The number of aromatic nitrogens is 1. The van der Waals surface area contributed by atoms with Crippen molar-refractivity contribution in [1.82, 2.24) is 10.5 Å². The summed E-state index contributed by atoms with van der Waals surface area (Å²) in [4.78, 5) is 32.6. The van der Waals surface area contributed by atoms with Gasteiger partial charge >= 0.3 is 5.97 Å². The van der Waals surface area contributed by atoms with Crippen molar-refractivity contribution in [2.45, 2.75) is 12.5 Å². The number of carboxylic acid groups (broad SMARTS) is 1. The van der Waals surface area contributed by atoms with Gasteiger partial charge in [0.1, 0.15) is 6.04 Å². The Hall–Kier alpha value is -2.38. The second-order valence-corrected chi connectivity index (χ2v) is 2.91. The monoisotopic (exact) mass is 227 g/mol. The highest BCUT2D eigenvalue weighted by Gasteiger charge is 2.23. The zero-order chi connectivity index (χ0) is 12.1. The summed E-state index contributed by atoms with van der Waals surface area (Å²) in [7, 11) is 0. The van der Waals surface area contributed by atoms with E-state index in [2.05, 4.69) is 15.0 Å². The van der Waals surface area contributed by atoms with Gasteiger partial charge in [-0.2, -0.15) is 0 Å². The predicted molar refractivity (Wildman–Crippen MR) is 49.2 cm³/mol. The molecular weight excluding hydrogens is 218 g/mol. The lowest BCUT2D eigenvalue weighted by Crippen LogP contribution is -2.43. The molecule has 86 valence electrons. The van der Waals surface area contributed by atoms with Gasteiger partial charge in [0.2, 0.25) is 11.7 Å². The third-order valence-corrected chi connectivity index (χ3v) is 1.67. The molecule has 0 aliphatic carbocycles. The summed E-state index contributed by atoms with van der Waals surface area (Å²) >= 11 is 0. The van der Waals surface area contributed by atoms with Crippen LogP contribution in [0.1, 0.15) is 17.0 Å². The molecule has 0 aromatic carbocycles. The van der Waals surface area contributed by atoms with Gasteiger partial charge in [0.05, 0.1) is 12.6 Å². The van der Waals surface area contributed by atoms with Crippen LogP contribution in [0.3, 0.4) is 0 Å². The Morgan fingerprint density at radius 3 is 2.69 bits per heavy atom. The predicted octanol–water partition coefficient (Wildman–Crippen LogP) is -1.27. The molecule has 1 heterocycles. The van der Waals surface area contributed by atoms with Crippen molar-refractivity contribution in [3.8, 4) is 0 Å². The Balaban J connectivity index is 2.65. The lowest BCUT2D eigenvalue weighted by Gasteiger charge is -2.10. The molecule has 2 amide bonds. The molecule has 8 nitrogen and oxygen atoms in total. The van der Waals surface area contributed by atoms with E-state index in [9.17, 15) is 14.4 Å². The topological polar surface area (TPSA) is 136 Å². The van der Waals surface area contributed by atoms with Crippen LogP contribution in [-0.2, 0) is 9.59 Å². The van der Waals surface area contributed by atoms with Crippen LogP contribution in [0.15, 0.2) is 16.8 Å². The van der Waals surface area contributed by atoms with Gasteiger partial charge in [-0.05, 0) is 0 Å². The molecule has 0 saturated carbocycles. The zero-order valence-electron chi connectivity index (χ0n) is 8.04. The highest BCUT2D eigenvalue weighted by atomic mass is 16.5. The third-order valence-electron chi connectivity index (χ3n) is 1.67. The first-order valence-corrected chi connectivity index (χ1v) is 4.23. The maximum absolute atomic E-state index is 11.3. The maximum Gasteiger partial charge on any atom is 0.326 e. The van der Waals surface area contributed by atoms with E-state index in [1.54, 1.807) is 0 Å². The number of hydrogen-bond acceptors (Lipinski definition) is 5. The molecule has 1 atom stereocenters. The molecule has 0 spiro atoms. The second-order valence-electron chi connectivity index (χ2n) is 2.91. The molecule has 1 aromatic heterocycles. The number of amides is 2. The van der Waals surface area contributed by atoms with Crippen molar-refractivity contribution in [2.75, 3.05) is 0 Å². The van der Waals surface area contributed by atoms with E-state index in [0.29, 0.717) is 0 Å². The molecule has 1 aromatic rings. The molecule has 0 radical (unpaired) electrons. The van der Waals surface area contributed by atoms with E-state index in [0.717, 1.165) is 0 Å². The molecule has 0 aliphatic rings. The van der Waals surface area contributed by atoms with E-state index in [1.165, 1.54) is 12.3 Å². The van der Waals surface area contributed by atoms with Gasteiger partial charge in [-0.3, -0.25) is 9.59 Å². The van der Waals surface area contributed by atoms with Gasteiger partial charge in [0.15, 0.2) is 0 Å². The van der Waals surface area contributed by atoms with Crippen molar-refractivity contribution in [2.24, 2.45) is 5.73 Å². The summed E-state index contributed by atoms with van der Waals surface area (Å²) in [6.45, 7) is 0. The quantitative estimate of drug-likeness (QED) is 0.574. The molecule has 8 heteroatoms. The number of nitrogens with two attached hydrogens (primary N) is 1. The van der Waals surface area contributed by atoms with Gasteiger partial charge < -0.3 is 20.7 Å². The van der Waals surface area contributed by atoms with Crippen molar-refractivity contribution in [3.63, 3.8) is 0 Å². The van der Waals surface area contributed by atoms with Crippen LogP contribution in [-0.4, -0.2) is 34.1 Å². The van der Waals surface area contributed by atoms with Gasteiger partial charge in [0.25, 0.3) is 5.91 Å². The first kappa shape index (κ1) is 11.7. The molecule has 0 saturated heterocycles. The van der Waals surface area contributed by atoms with E-state index < -0.39 is 30.2 Å². The average molecular weight is 227 g/mol. The van der Waals surface area contributed by atoms with Gasteiger partial charge in [-0.1, -0.05) is 5.16 Å². The molecule has 0 bridgehead atoms.